The molecule has 1 aromatic rings. The summed E-state index contributed by atoms with van der Waals surface area (Å²) in [6, 6.07) is 3.16. The molecule has 0 radical (unpaired) electrons. The van der Waals surface area contributed by atoms with E-state index >= 15 is 0 Å². The smallest absolute Gasteiger partial charge is 0.409 e. The second kappa shape index (κ2) is 8.82. The molecule has 0 atom stereocenters. The summed E-state index contributed by atoms with van der Waals surface area (Å²) in [5.74, 6) is -1.68. The van der Waals surface area contributed by atoms with Crippen molar-refractivity contribution in [2.75, 3.05) is 44.2 Å². The van der Waals surface area contributed by atoms with E-state index in [4.69, 9.17) is 10.5 Å². The summed E-state index contributed by atoms with van der Waals surface area (Å²) in [5, 5.41) is 0. The van der Waals surface area contributed by atoms with Crippen LogP contribution in [0, 0.1) is 11.6 Å². The maximum atomic E-state index is 14.3. The van der Waals surface area contributed by atoms with Gasteiger partial charge in [-0.3, -0.25) is 0 Å². The van der Waals surface area contributed by atoms with E-state index in [2.05, 4.69) is 0 Å². The topological polar surface area (TPSA) is 58.8 Å². The predicted octanol–water partition coefficient (Wildman–Crippen LogP) is 2.52. The van der Waals surface area contributed by atoms with Gasteiger partial charge in [0.1, 0.15) is 0 Å². The van der Waals surface area contributed by atoms with Gasteiger partial charge in [-0.25, -0.2) is 13.6 Å². The lowest BCUT2D eigenvalue weighted by atomic mass is 10.1. The van der Waals surface area contributed by atoms with Crippen molar-refractivity contribution >= 4 is 11.8 Å². The minimum atomic E-state index is -0.847. The number of benzene rings is 1. The minimum Gasteiger partial charge on any atom is -0.449 e. The van der Waals surface area contributed by atoms with Gasteiger partial charge in [-0.15, -0.1) is 0 Å². The third kappa shape index (κ3) is 4.35. The van der Waals surface area contributed by atoms with Crippen LogP contribution in [0.15, 0.2) is 12.1 Å². The molecule has 134 valence electrons. The van der Waals surface area contributed by atoms with Crippen LogP contribution in [0.25, 0.3) is 0 Å². The number of rotatable bonds is 6. The summed E-state index contributed by atoms with van der Waals surface area (Å²) in [6.45, 7) is 4.45. The fraction of sp³-hybridized carbons (Fsp3) is 0.588. The van der Waals surface area contributed by atoms with Gasteiger partial charge in [-0.2, -0.15) is 0 Å². The van der Waals surface area contributed by atoms with Crippen molar-refractivity contribution < 1.29 is 18.3 Å². The van der Waals surface area contributed by atoms with Crippen LogP contribution < -0.4 is 10.6 Å². The van der Waals surface area contributed by atoms with Gasteiger partial charge in [0.05, 0.1) is 12.3 Å². The number of hydrogen-bond donors (Lipinski definition) is 1. The minimum absolute atomic E-state index is 0.229. The van der Waals surface area contributed by atoms with Crippen LogP contribution in [-0.4, -0.2) is 50.3 Å². The monoisotopic (exact) mass is 341 g/mol. The number of nitrogens with zero attached hydrogens (tertiary/aromatic N) is 2. The van der Waals surface area contributed by atoms with Gasteiger partial charge < -0.3 is 20.3 Å². The SMILES string of the molecule is CCCCOC(=O)N1CCN(c2ccc(CCN)c(F)c2F)CC1. The molecule has 1 aromatic carbocycles. The van der Waals surface area contributed by atoms with Crippen molar-refractivity contribution in [3.8, 4) is 0 Å². The van der Waals surface area contributed by atoms with Crippen LogP contribution in [-0.2, 0) is 11.2 Å². The number of piperazine rings is 1. The number of hydrogen-bond acceptors (Lipinski definition) is 4. The van der Waals surface area contributed by atoms with E-state index in [1.54, 1.807) is 21.9 Å². The number of nitrogens with two attached hydrogens (primary N) is 1. The molecule has 1 amide bonds. The van der Waals surface area contributed by atoms with Crippen molar-refractivity contribution in [1.29, 1.82) is 0 Å². The van der Waals surface area contributed by atoms with Crippen molar-refractivity contribution in [1.82, 2.24) is 4.90 Å². The first-order chi connectivity index (χ1) is 11.6. The molecule has 2 rings (SSSR count). The average Bonchev–Trinajstić information content (AvgIpc) is 2.60. The van der Waals surface area contributed by atoms with Crippen molar-refractivity contribution in [3.63, 3.8) is 0 Å². The van der Waals surface area contributed by atoms with Crippen LogP contribution in [0.2, 0.25) is 0 Å². The predicted molar refractivity (Wildman–Crippen MR) is 89.2 cm³/mol. The Morgan fingerprint density at radius 2 is 1.92 bits per heavy atom. The van der Waals surface area contributed by atoms with E-state index in [1.807, 2.05) is 6.92 Å². The molecule has 2 N–H and O–H groups in total. The molecule has 1 saturated heterocycles. The van der Waals surface area contributed by atoms with Crippen LogP contribution in [0.5, 0.6) is 0 Å². The van der Waals surface area contributed by atoms with Crippen LogP contribution in [0.4, 0.5) is 19.3 Å². The Bertz CT molecular complexity index is 561. The van der Waals surface area contributed by atoms with E-state index in [0.29, 0.717) is 39.2 Å². The van der Waals surface area contributed by atoms with E-state index < -0.39 is 11.6 Å². The van der Waals surface area contributed by atoms with Crippen LogP contribution in [0.1, 0.15) is 25.3 Å². The molecule has 0 aliphatic carbocycles. The molecule has 0 spiro atoms. The molecule has 1 aliphatic heterocycles. The molecule has 0 saturated carbocycles. The first-order valence-corrected chi connectivity index (χ1v) is 8.42. The number of ether oxygens (including phenoxy) is 1. The van der Waals surface area contributed by atoms with Gasteiger partial charge in [-0.1, -0.05) is 19.4 Å². The number of carbonyl (C=O) groups is 1. The zero-order chi connectivity index (χ0) is 17.5. The molecule has 1 aliphatic rings. The fourth-order valence-electron chi connectivity index (χ4n) is 2.70. The van der Waals surface area contributed by atoms with E-state index in [9.17, 15) is 13.6 Å². The third-order valence-electron chi connectivity index (χ3n) is 4.16. The largest absolute Gasteiger partial charge is 0.449 e. The summed E-state index contributed by atoms with van der Waals surface area (Å²) in [5.41, 5.74) is 5.92. The Labute approximate surface area is 141 Å². The molecule has 0 aromatic heterocycles. The number of carbonyl (C=O) groups excluding carboxylic acids is 1. The Kier molecular flexibility index (Phi) is 6.78. The second-order valence-corrected chi connectivity index (χ2v) is 5.85. The van der Waals surface area contributed by atoms with E-state index in [0.717, 1.165) is 12.8 Å². The summed E-state index contributed by atoms with van der Waals surface area (Å²) >= 11 is 0. The standard InChI is InChI=1S/C17H25F2N3O2/c1-2-3-12-24-17(23)22-10-8-21(9-11-22)14-5-4-13(6-7-20)15(18)16(14)19/h4-5H,2-3,6-12,20H2,1H3. The summed E-state index contributed by atoms with van der Waals surface area (Å²) in [6.07, 6.45) is 1.77. The fourth-order valence-corrected chi connectivity index (χ4v) is 2.70. The van der Waals surface area contributed by atoms with Gasteiger partial charge in [0.15, 0.2) is 11.6 Å². The highest BCUT2D eigenvalue weighted by Crippen LogP contribution is 2.25. The summed E-state index contributed by atoms with van der Waals surface area (Å²) in [7, 11) is 0. The van der Waals surface area contributed by atoms with Crippen molar-refractivity contribution in [2.45, 2.75) is 26.2 Å². The lowest BCUT2D eigenvalue weighted by molar-refractivity contribution is 0.0989. The quantitative estimate of drug-likeness (QED) is 0.808. The lowest BCUT2D eigenvalue weighted by Crippen LogP contribution is -2.49. The van der Waals surface area contributed by atoms with Crippen molar-refractivity contribution in [3.05, 3.63) is 29.3 Å². The lowest BCUT2D eigenvalue weighted by Gasteiger charge is -2.35. The maximum Gasteiger partial charge on any atom is 0.409 e. The van der Waals surface area contributed by atoms with Crippen molar-refractivity contribution in [2.24, 2.45) is 5.73 Å². The molecule has 5 nitrogen and oxygen atoms in total. The van der Waals surface area contributed by atoms with E-state index in [1.165, 1.54) is 0 Å². The molecule has 24 heavy (non-hydrogen) atoms. The highest BCUT2D eigenvalue weighted by atomic mass is 19.2. The van der Waals surface area contributed by atoms with Gasteiger partial charge >= 0.3 is 6.09 Å². The number of halogens is 2. The van der Waals surface area contributed by atoms with Crippen LogP contribution >= 0.6 is 0 Å². The molecule has 1 heterocycles. The first kappa shape index (κ1) is 18.4. The van der Waals surface area contributed by atoms with Gasteiger partial charge in [-0.05, 0) is 31.0 Å². The zero-order valence-electron chi connectivity index (χ0n) is 14.1. The first-order valence-electron chi connectivity index (χ1n) is 8.42. The third-order valence-corrected chi connectivity index (χ3v) is 4.16. The molecule has 1 fully saturated rings. The number of unbranched alkanes of at least 4 members (excludes halogenated alkanes) is 1. The highest BCUT2D eigenvalue weighted by molar-refractivity contribution is 5.68. The Hall–Kier alpha value is -1.89. The van der Waals surface area contributed by atoms with E-state index in [-0.39, 0.29) is 23.9 Å². The van der Waals surface area contributed by atoms with Gasteiger partial charge in [0.25, 0.3) is 0 Å². The molecule has 0 unspecified atom stereocenters. The highest BCUT2D eigenvalue weighted by Gasteiger charge is 2.25. The Morgan fingerprint density at radius 1 is 1.21 bits per heavy atom. The summed E-state index contributed by atoms with van der Waals surface area (Å²) < 4.78 is 33.5. The maximum absolute atomic E-state index is 14.3. The summed E-state index contributed by atoms with van der Waals surface area (Å²) in [4.78, 5) is 15.2. The van der Waals surface area contributed by atoms with Gasteiger partial charge in [0, 0.05) is 26.2 Å². The Balaban J connectivity index is 1.95. The normalized spacial score (nSPS) is 14.8. The molecular weight excluding hydrogens is 316 g/mol. The van der Waals surface area contributed by atoms with Gasteiger partial charge in [0.2, 0.25) is 0 Å². The number of anilines is 1. The number of amides is 1. The Morgan fingerprint density at radius 3 is 2.54 bits per heavy atom. The molecule has 7 heteroatoms. The molecular formula is C17H25F2N3O2. The molecule has 0 bridgehead atoms. The average molecular weight is 341 g/mol. The second-order valence-electron chi connectivity index (χ2n) is 5.85. The van der Waals surface area contributed by atoms with Crippen LogP contribution in [0.3, 0.4) is 0 Å². The zero-order valence-corrected chi connectivity index (χ0v) is 14.1.